The number of aliphatic carboxylic acids is 1. The van der Waals surface area contributed by atoms with Gasteiger partial charge in [0, 0.05) is 17.2 Å². The first-order valence-electron chi connectivity index (χ1n) is 7.17. The fourth-order valence-corrected chi connectivity index (χ4v) is 4.22. The lowest BCUT2D eigenvalue weighted by Crippen LogP contribution is -2.45. The van der Waals surface area contributed by atoms with Gasteiger partial charge in [-0.15, -0.1) is 0 Å². The maximum atomic E-state index is 12.2. The van der Waals surface area contributed by atoms with Crippen molar-refractivity contribution in [3.8, 4) is 0 Å². The fraction of sp³-hybridized carbons (Fsp3) is 0.857. The number of hydrogen-bond acceptors (Lipinski definition) is 3. The molecule has 2 N–H and O–H groups in total. The maximum Gasteiger partial charge on any atom is 0.306 e. The van der Waals surface area contributed by atoms with Gasteiger partial charge in [-0.1, -0.05) is 12.8 Å². The van der Waals surface area contributed by atoms with Gasteiger partial charge in [0.05, 0.1) is 5.92 Å². The molecule has 5 heteroatoms. The monoisotopic (exact) mass is 285 g/mol. The summed E-state index contributed by atoms with van der Waals surface area (Å²) in [6, 6.07) is 0.278. The molecular weight excluding hydrogens is 262 g/mol. The van der Waals surface area contributed by atoms with Gasteiger partial charge >= 0.3 is 5.97 Å². The molecule has 0 heterocycles. The van der Waals surface area contributed by atoms with Gasteiger partial charge in [0.25, 0.3) is 0 Å². The van der Waals surface area contributed by atoms with Crippen LogP contribution in [0, 0.1) is 11.8 Å². The zero-order valence-electron chi connectivity index (χ0n) is 11.4. The molecule has 108 valence electrons. The zero-order chi connectivity index (χ0) is 13.8. The zero-order valence-corrected chi connectivity index (χ0v) is 12.2. The van der Waals surface area contributed by atoms with Gasteiger partial charge in [0.15, 0.2) is 0 Å². The van der Waals surface area contributed by atoms with Crippen LogP contribution in [0.3, 0.4) is 0 Å². The van der Waals surface area contributed by atoms with Crippen LogP contribution in [0.5, 0.6) is 0 Å². The first kappa shape index (κ1) is 14.7. The van der Waals surface area contributed by atoms with Crippen molar-refractivity contribution >= 4 is 23.6 Å². The Balaban J connectivity index is 1.85. The summed E-state index contributed by atoms with van der Waals surface area (Å²) >= 11 is 1.83. The number of carboxylic acid groups (broad SMARTS) is 1. The van der Waals surface area contributed by atoms with Crippen molar-refractivity contribution in [1.29, 1.82) is 0 Å². The van der Waals surface area contributed by atoms with Crippen LogP contribution >= 0.6 is 11.8 Å². The third-order valence-corrected chi connectivity index (χ3v) is 5.66. The van der Waals surface area contributed by atoms with E-state index >= 15 is 0 Å². The number of carbonyl (C=O) groups is 2. The molecular formula is C14H23NO3S. The van der Waals surface area contributed by atoms with Crippen LogP contribution in [-0.4, -0.2) is 34.5 Å². The number of rotatable bonds is 4. The van der Waals surface area contributed by atoms with E-state index in [1.165, 1.54) is 19.3 Å². The van der Waals surface area contributed by atoms with Crippen molar-refractivity contribution in [2.24, 2.45) is 11.8 Å². The van der Waals surface area contributed by atoms with E-state index in [1.807, 2.05) is 11.8 Å². The SMILES string of the molecule is CSC1CCCCC1NC(=O)[C@@H]1CC[C@H](C(=O)O)C1. The second-order valence-electron chi connectivity index (χ2n) is 5.72. The predicted molar refractivity (Wildman–Crippen MR) is 76.2 cm³/mol. The van der Waals surface area contributed by atoms with Crippen molar-refractivity contribution in [3.05, 3.63) is 0 Å². The molecule has 0 saturated heterocycles. The lowest BCUT2D eigenvalue weighted by atomic mass is 9.94. The Kier molecular flexibility index (Phi) is 5.13. The van der Waals surface area contributed by atoms with E-state index < -0.39 is 5.97 Å². The van der Waals surface area contributed by atoms with Gasteiger partial charge in [-0.25, -0.2) is 0 Å². The van der Waals surface area contributed by atoms with Gasteiger partial charge < -0.3 is 10.4 Å². The molecule has 0 aromatic carbocycles. The number of carbonyl (C=O) groups excluding carboxylic acids is 1. The quantitative estimate of drug-likeness (QED) is 0.831. The molecule has 2 rings (SSSR count). The molecule has 2 unspecified atom stereocenters. The molecule has 0 aliphatic heterocycles. The molecule has 1 amide bonds. The summed E-state index contributed by atoms with van der Waals surface area (Å²) in [4.78, 5) is 23.2. The number of thioether (sulfide) groups is 1. The minimum Gasteiger partial charge on any atom is -0.481 e. The highest BCUT2D eigenvalue weighted by Crippen LogP contribution is 2.32. The van der Waals surface area contributed by atoms with E-state index in [9.17, 15) is 9.59 Å². The van der Waals surface area contributed by atoms with Gasteiger partial charge in [0.2, 0.25) is 5.91 Å². The van der Waals surface area contributed by atoms with Crippen LogP contribution in [0.1, 0.15) is 44.9 Å². The fourth-order valence-electron chi connectivity index (χ4n) is 3.29. The van der Waals surface area contributed by atoms with Crippen LogP contribution in [-0.2, 0) is 9.59 Å². The molecule has 0 spiro atoms. The predicted octanol–water partition coefficient (Wildman–Crippen LogP) is 2.28. The second-order valence-corrected chi connectivity index (χ2v) is 6.80. The molecule has 4 nitrogen and oxygen atoms in total. The Labute approximate surface area is 118 Å². The number of carboxylic acids is 1. The van der Waals surface area contributed by atoms with Crippen LogP contribution in [0.2, 0.25) is 0 Å². The molecule has 0 aromatic heterocycles. The Hall–Kier alpha value is -0.710. The maximum absolute atomic E-state index is 12.2. The van der Waals surface area contributed by atoms with Crippen molar-refractivity contribution in [1.82, 2.24) is 5.32 Å². The highest BCUT2D eigenvalue weighted by Gasteiger charge is 2.35. The van der Waals surface area contributed by atoms with Crippen molar-refractivity contribution in [3.63, 3.8) is 0 Å². The van der Waals surface area contributed by atoms with Crippen LogP contribution < -0.4 is 5.32 Å². The summed E-state index contributed by atoms with van der Waals surface area (Å²) in [6.45, 7) is 0. The minimum absolute atomic E-state index is 0.0784. The summed E-state index contributed by atoms with van der Waals surface area (Å²) in [5, 5.41) is 12.7. The van der Waals surface area contributed by atoms with Crippen LogP contribution in [0.15, 0.2) is 0 Å². The standard InChI is InChI=1S/C14H23NO3S/c1-19-12-5-3-2-4-11(12)15-13(16)9-6-7-10(8-9)14(17)18/h9-12H,2-8H2,1H3,(H,15,16)(H,17,18)/t9-,10+,11?,12?/m1/s1. The van der Waals surface area contributed by atoms with Crippen LogP contribution in [0.4, 0.5) is 0 Å². The molecule has 2 saturated carbocycles. The lowest BCUT2D eigenvalue weighted by Gasteiger charge is -2.31. The largest absolute Gasteiger partial charge is 0.481 e. The van der Waals surface area contributed by atoms with E-state index in [-0.39, 0.29) is 23.8 Å². The first-order valence-corrected chi connectivity index (χ1v) is 8.46. The van der Waals surface area contributed by atoms with Gasteiger partial charge in [-0.3, -0.25) is 9.59 Å². The molecule has 0 radical (unpaired) electrons. The van der Waals surface area contributed by atoms with E-state index in [4.69, 9.17) is 5.11 Å². The third kappa shape index (κ3) is 3.65. The highest BCUT2D eigenvalue weighted by atomic mass is 32.2. The molecule has 4 atom stereocenters. The Morgan fingerprint density at radius 3 is 2.42 bits per heavy atom. The normalized spacial score (nSPS) is 35.0. The highest BCUT2D eigenvalue weighted by molar-refractivity contribution is 7.99. The Bertz CT molecular complexity index is 348. The average molecular weight is 285 g/mol. The Morgan fingerprint density at radius 1 is 1.11 bits per heavy atom. The molecule has 2 fully saturated rings. The molecule has 2 aliphatic carbocycles. The first-order chi connectivity index (χ1) is 9.11. The lowest BCUT2D eigenvalue weighted by molar-refractivity contribution is -0.141. The molecule has 0 bridgehead atoms. The molecule has 19 heavy (non-hydrogen) atoms. The van der Waals surface area contributed by atoms with Crippen molar-refractivity contribution < 1.29 is 14.7 Å². The summed E-state index contributed by atoms with van der Waals surface area (Å²) in [7, 11) is 0. The summed E-state index contributed by atoms with van der Waals surface area (Å²) in [6.07, 6.45) is 8.65. The second kappa shape index (κ2) is 6.64. The third-order valence-electron chi connectivity index (χ3n) is 4.49. The minimum atomic E-state index is -0.755. The Morgan fingerprint density at radius 2 is 1.79 bits per heavy atom. The van der Waals surface area contributed by atoms with Crippen molar-refractivity contribution in [2.45, 2.75) is 56.2 Å². The van der Waals surface area contributed by atoms with Crippen molar-refractivity contribution in [2.75, 3.05) is 6.26 Å². The van der Waals surface area contributed by atoms with E-state index in [2.05, 4.69) is 11.6 Å². The number of hydrogen-bond donors (Lipinski definition) is 2. The smallest absolute Gasteiger partial charge is 0.306 e. The van der Waals surface area contributed by atoms with Gasteiger partial charge in [-0.2, -0.15) is 11.8 Å². The van der Waals surface area contributed by atoms with Gasteiger partial charge in [0.1, 0.15) is 0 Å². The summed E-state index contributed by atoms with van der Waals surface area (Å²) in [5.74, 6) is -1.09. The number of amides is 1. The molecule has 2 aliphatic rings. The average Bonchev–Trinajstić information content (AvgIpc) is 2.89. The van der Waals surface area contributed by atoms with E-state index in [1.54, 1.807) is 0 Å². The van der Waals surface area contributed by atoms with E-state index in [0.29, 0.717) is 18.1 Å². The topological polar surface area (TPSA) is 66.4 Å². The van der Waals surface area contributed by atoms with E-state index in [0.717, 1.165) is 12.8 Å². The van der Waals surface area contributed by atoms with Crippen LogP contribution in [0.25, 0.3) is 0 Å². The number of nitrogens with one attached hydrogen (secondary N) is 1. The summed E-state index contributed by atoms with van der Waals surface area (Å²) in [5.41, 5.74) is 0. The van der Waals surface area contributed by atoms with Gasteiger partial charge in [-0.05, 0) is 38.4 Å². The summed E-state index contributed by atoms with van der Waals surface area (Å²) < 4.78 is 0. The molecule has 0 aromatic rings.